The molecule has 2 unspecified atom stereocenters. The zero-order valence-corrected chi connectivity index (χ0v) is 14.9. The minimum absolute atomic E-state index is 0.253. The van der Waals surface area contributed by atoms with E-state index in [0.29, 0.717) is 23.7 Å². The van der Waals surface area contributed by atoms with E-state index in [4.69, 9.17) is 14.2 Å². The number of aliphatic carboxylic acids is 1. The van der Waals surface area contributed by atoms with Crippen LogP contribution in [0.1, 0.15) is 36.5 Å². The second kappa shape index (κ2) is 8.71. The molecule has 1 saturated heterocycles. The molecule has 1 heterocycles. The molecule has 1 aromatic carbocycles. The first-order valence-electron chi connectivity index (χ1n) is 8.39. The lowest BCUT2D eigenvalue weighted by Gasteiger charge is -2.22. The number of unbranched alkanes of at least 4 members (excludes halogenated alkanes) is 1. The third kappa shape index (κ3) is 4.42. The lowest BCUT2D eigenvalue weighted by Crippen LogP contribution is -2.40. The van der Waals surface area contributed by atoms with Gasteiger partial charge in [-0.2, -0.15) is 0 Å². The van der Waals surface area contributed by atoms with Crippen molar-refractivity contribution in [2.45, 2.75) is 38.3 Å². The number of likely N-dealkylation sites (tertiary alicyclic amines) is 1. The number of amides is 1. The van der Waals surface area contributed by atoms with Crippen molar-refractivity contribution >= 4 is 11.9 Å². The van der Waals surface area contributed by atoms with Crippen LogP contribution >= 0.6 is 0 Å². The molecule has 0 bridgehead atoms. The first-order valence-corrected chi connectivity index (χ1v) is 8.39. The third-order valence-corrected chi connectivity index (χ3v) is 4.31. The molecule has 7 nitrogen and oxygen atoms in total. The highest BCUT2D eigenvalue weighted by atomic mass is 16.5. The number of benzene rings is 1. The molecule has 0 spiro atoms. The Morgan fingerprint density at radius 2 is 2.04 bits per heavy atom. The van der Waals surface area contributed by atoms with Crippen LogP contribution < -0.4 is 9.47 Å². The summed E-state index contributed by atoms with van der Waals surface area (Å²) in [6, 6.07) is 4.01. The number of nitrogens with zero attached hydrogens (tertiary/aromatic N) is 1. The summed E-state index contributed by atoms with van der Waals surface area (Å²) in [7, 11) is 3.02. The smallest absolute Gasteiger partial charge is 0.326 e. The van der Waals surface area contributed by atoms with Crippen LogP contribution in [-0.2, 0) is 9.53 Å². The van der Waals surface area contributed by atoms with Crippen molar-refractivity contribution < 1.29 is 28.9 Å². The van der Waals surface area contributed by atoms with Crippen molar-refractivity contribution in [2.75, 3.05) is 27.4 Å². The van der Waals surface area contributed by atoms with Crippen molar-refractivity contribution in [1.82, 2.24) is 4.90 Å². The zero-order chi connectivity index (χ0) is 18.4. The molecule has 0 aromatic heterocycles. The van der Waals surface area contributed by atoms with Crippen LogP contribution in [0.4, 0.5) is 0 Å². The minimum atomic E-state index is -1.03. The third-order valence-electron chi connectivity index (χ3n) is 4.31. The largest absolute Gasteiger partial charge is 0.493 e. The van der Waals surface area contributed by atoms with E-state index in [1.165, 1.54) is 19.1 Å². The van der Waals surface area contributed by atoms with Crippen molar-refractivity contribution in [3.8, 4) is 11.5 Å². The Morgan fingerprint density at radius 3 is 2.64 bits per heavy atom. The van der Waals surface area contributed by atoms with Gasteiger partial charge in [0.15, 0.2) is 11.5 Å². The average molecular weight is 351 g/mol. The fourth-order valence-corrected chi connectivity index (χ4v) is 2.84. The Kier molecular flexibility index (Phi) is 6.64. The van der Waals surface area contributed by atoms with Crippen molar-refractivity contribution in [1.29, 1.82) is 0 Å². The summed E-state index contributed by atoms with van der Waals surface area (Å²) in [5, 5.41) is 9.36. The molecule has 7 heteroatoms. The van der Waals surface area contributed by atoms with Gasteiger partial charge in [0.25, 0.3) is 5.91 Å². The molecule has 0 saturated carbocycles. The molecule has 2 rings (SSSR count). The van der Waals surface area contributed by atoms with Gasteiger partial charge in [-0.15, -0.1) is 0 Å². The van der Waals surface area contributed by atoms with Crippen molar-refractivity contribution in [3.63, 3.8) is 0 Å². The maximum Gasteiger partial charge on any atom is 0.326 e. The number of methoxy groups -OCH3 is 2. The monoisotopic (exact) mass is 351 g/mol. The van der Waals surface area contributed by atoms with Crippen LogP contribution in [0, 0.1) is 0 Å². The van der Waals surface area contributed by atoms with Crippen LogP contribution in [0.2, 0.25) is 0 Å². The first kappa shape index (κ1) is 19.1. The molecule has 0 aliphatic carbocycles. The number of hydrogen-bond donors (Lipinski definition) is 1. The highest BCUT2D eigenvalue weighted by Gasteiger charge is 2.40. The van der Waals surface area contributed by atoms with Gasteiger partial charge in [-0.25, -0.2) is 4.79 Å². The van der Waals surface area contributed by atoms with E-state index in [1.54, 1.807) is 18.2 Å². The molecular weight excluding hydrogens is 326 g/mol. The van der Waals surface area contributed by atoms with E-state index in [1.807, 2.05) is 0 Å². The first-order chi connectivity index (χ1) is 12.0. The number of carboxylic acid groups (broad SMARTS) is 1. The predicted octanol–water partition coefficient (Wildman–Crippen LogP) is 2.19. The van der Waals surface area contributed by atoms with Gasteiger partial charge in [-0.05, 0) is 24.6 Å². The number of ether oxygens (including phenoxy) is 3. The number of hydrogen-bond acceptors (Lipinski definition) is 5. The normalized spacial score (nSPS) is 19.7. The van der Waals surface area contributed by atoms with Crippen LogP contribution in [-0.4, -0.2) is 61.4 Å². The molecule has 1 fully saturated rings. The predicted molar refractivity (Wildman–Crippen MR) is 91.3 cm³/mol. The summed E-state index contributed by atoms with van der Waals surface area (Å²) >= 11 is 0. The van der Waals surface area contributed by atoms with Crippen molar-refractivity contribution in [2.24, 2.45) is 0 Å². The van der Waals surface area contributed by atoms with Crippen molar-refractivity contribution in [3.05, 3.63) is 23.8 Å². The highest BCUT2D eigenvalue weighted by Crippen LogP contribution is 2.30. The zero-order valence-electron chi connectivity index (χ0n) is 14.9. The van der Waals surface area contributed by atoms with E-state index >= 15 is 0 Å². The van der Waals surface area contributed by atoms with Crippen LogP contribution in [0.3, 0.4) is 0 Å². The maximum atomic E-state index is 12.8. The van der Waals surface area contributed by atoms with E-state index in [0.717, 1.165) is 12.8 Å². The Balaban J connectivity index is 2.19. The summed E-state index contributed by atoms with van der Waals surface area (Å²) < 4.78 is 16.2. The quantitative estimate of drug-likeness (QED) is 0.723. The summed E-state index contributed by atoms with van der Waals surface area (Å²) in [5.74, 6) is -0.362. The lowest BCUT2D eigenvalue weighted by atomic mass is 10.1. The second-order valence-corrected chi connectivity index (χ2v) is 5.97. The van der Waals surface area contributed by atoms with Gasteiger partial charge in [-0.1, -0.05) is 13.3 Å². The molecule has 25 heavy (non-hydrogen) atoms. The van der Waals surface area contributed by atoms with E-state index < -0.39 is 12.0 Å². The Morgan fingerprint density at radius 1 is 1.28 bits per heavy atom. The molecule has 1 amide bonds. The molecule has 0 radical (unpaired) electrons. The second-order valence-electron chi connectivity index (χ2n) is 5.97. The minimum Gasteiger partial charge on any atom is -0.493 e. The fraction of sp³-hybridized carbons (Fsp3) is 0.556. The highest BCUT2D eigenvalue weighted by molar-refractivity contribution is 5.97. The fourth-order valence-electron chi connectivity index (χ4n) is 2.84. The number of carbonyl (C=O) groups excluding carboxylic acids is 1. The molecule has 1 aromatic rings. The van der Waals surface area contributed by atoms with Gasteiger partial charge in [-0.3, -0.25) is 4.79 Å². The van der Waals surface area contributed by atoms with Gasteiger partial charge in [0.1, 0.15) is 6.04 Å². The Bertz CT molecular complexity index is 618. The standard InChI is InChI=1S/C18H25NO6/c1-4-5-8-25-15-7-6-12(9-16(15)24-3)17(20)19-11-13(23-2)10-14(19)18(21)22/h6-7,9,13-14H,4-5,8,10-11H2,1-3H3,(H,21,22). The summed E-state index contributed by atoms with van der Waals surface area (Å²) in [6.07, 6.45) is 1.96. The van der Waals surface area contributed by atoms with Gasteiger partial charge in [0.2, 0.25) is 0 Å². The van der Waals surface area contributed by atoms with Crippen LogP contribution in [0.25, 0.3) is 0 Å². The Labute approximate surface area is 147 Å². The van der Waals surface area contributed by atoms with Gasteiger partial charge < -0.3 is 24.2 Å². The van der Waals surface area contributed by atoms with Gasteiger partial charge in [0, 0.05) is 25.6 Å². The summed E-state index contributed by atoms with van der Waals surface area (Å²) in [4.78, 5) is 25.5. The molecule has 2 atom stereocenters. The molecule has 1 aliphatic rings. The molecular formula is C18H25NO6. The van der Waals surface area contributed by atoms with E-state index in [-0.39, 0.29) is 25.0 Å². The topological polar surface area (TPSA) is 85.3 Å². The number of rotatable bonds is 8. The van der Waals surface area contributed by atoms with Gasteiger partial charge >= 0.3 is 5.97 Å². The SMILES string of the molecule is CCCCOc1ccc(C(=O)N2CC(OC)CC2C(=O)O)cc1OC. The molecule has 1 N–H and O–H groups in total. The Hall–Kier alpha value is -2.28. The maximum absolute atomic E-state index is 12.8. The van der Waals surface area contributed by atoms with E-state index in [2.05, 4.69) is 6.92 Å². The summed E-state index contributed by atoms with van der Waals surface area (Å²) in [6.45, 7) is 2.90. The number of carboxylic acids is 1. The summed E-state index contributed by atoms with van der Waals surface area (Å²) in [5.41, 5.74) is 0.364. The lowest BCUT2D eigenvalue weighted by molar-refractivity contribution is -0.141. The van der Waals surface area contributed by atoms with Crippen LogP contribution in [0.15, 0.2) is 18.2 Å². The molecule has 1 aliphatic heterocycles. The number of carbonyl (C=O) groups is 2. The van der Waals surface area contributed by atoms with Gasteiger partial charge in [0.05, 0.1) is 19.8 Å². The van der Waals surface area contributed by atoms with Crippen LogP contribution in [0.5, 0.6) is 11.5 Å². The average Bonchev–Trinajstić information content (AvgIpc) is 3.06. The van der Waals surface area contributed by atoms with E-state index in [9.17, 15) is 14.7 Å². The molecule has 138 valence electrons.